The summed E-state index contributed by atoms with van der Waals surface area (Å²) in [5.41, 5.74) is 5.33. The third-order valence-corrected chi connectivity index (χ3v) is 6.98. The number of methoxy groups -OCH3 is 1. The zero-order chi connectivity index (χ0) is 24.8. The largest absolute Gasteiger partial charge is 0.494 e. The Morgan fingerprint density at radius 3 is 1.82 bits per heavy atom. The highest BCUT2D eigenvalue weighted by Crippen LogP contribution is 2.40. The summed E-state index contributed by atoms with van der Waals surface area (Å²) in [4.78, 5) is -2.04. The summed E-state index contributed by atoms with van der Waals surface area (Å²) in [7, 11) is -12.9. The third-order valence-electron chi connectivity index (χ3n) is 4.38. The van der Waals surface area contributed by atoms with E-state index in [1.54, 1.807) is 0 Å². The van der Waals surface area contributed by atoms with Gasteiger partial charge in [0.2, 0.25) is 0 Å². The zero-order valence-corrected chi connectivity index (χ0v) is 18.9. The Morgan fingerprint density at radius 2 is 1.27 bits per heavy atom. The number of fused-ring (bicyclic) bond motifs is 1. The lowest BCUT2D eigenvalue weighted by molar-refractivity contribution is 0.417. The fourth-order valence-electron chi connectivity index (χ4n) is 2.86. The molecule has 176 valence electrons. The maximum Gasteiger partial charge on any atom is 0.296 e. The van der Waals surface area contributed by atoms with Gasteiger partial charge in [0.25, 0.3) is 30.4 Å². The van der Waals surface area contributed by atoms with Gasteiger partial charge in [-0.05, 0) is 30.3 Å². The van der Waals surface area contributed by atoms with Crippen LogP contribution in [0.25, 0.3) is 10.8 Å². The van der Waals surface area contributed by atoms with Crippen molar-refractivity contribution in [3.63, 3.8) is 0 Å². The van der Waals surface area contributed by atoms with Gasteiger partial charge in [0.1, 0.15) is 16.3 Å². The minimum Gasteiger partial charge on any atom is -0.494 e. The molecule has 0 spiro atoms. The van der Waals surface area contributed by atoms with Crippen molar-refractivity contribution < 1.29 is 43.6 Å². The number of nitrogens with two attached hydrogens (primary N) is 1. The number of nitrogen functional groups attached to an aromatic ring is 1. The molecule has 0 saturated heterocycles. The number of hydrogen-bond acceptors (Lipinski definition) is 10. The molecule has 0 unspecified atom stereocenters. The molecule has 0 heterocycles. The van der Waals surface area contributed by atoms with E-state index in [4.69, 9.17) is 10.5 Å². The van der Waals surface area contributed by atoms with Crippen LogP contribution in [-0.2, 0) is 30.4 Å². The number of azo groups is 1. The van der Waals surface area contributed by atoms with E-state index < -0.39 is 50.7 Å². The second kappa shape index (κ2) is 8.32. The molecule has 0 amide bonds. The van der Waals surface area contributed by atoms with Crippen LogP contribution >= 0.6 is 0 Å². The van der Waals surface area contributed by atoms with Crippen molar-refractivity contribution in [3.8, 4) is 5.75 Å². The van der Waals surface area contributed by atoms with Gasteiger partial charge in [0.05, 0.1) is 28.3 Å². The number of anilines is 1. The number of hydrogen-bond donors (Lipinski definition) is 4. The first-order valence-corrected chi connectivity index (χ1v) is 12.8. The van der Waals surface area contributed by atoms with Gasteiger partial charge >= 0.3 is 0 Å². The molecule has 0 saturated carbocycles. The minimum atomic E-state index is -4.88. The Labute approximate surface area is 187 Å². The van der Waals surface area contributed by atoms with Crippen LogP contribution in [0.4, 0.5) is 17.1 Å². The standard InChI is InChI=1S/C17H15N3O10S3/c1-30-15-8-13(12-6-9(31(21,22)23)2-4-11(12)17(15)18)19-20-14-7-10(32(24,25)26)3-5-16(14)33(27,28)29/h2-8H,18H2,1H3,(H,21,22,23)(H,24,25,26)(H,27,28,29). The molecule has 33 heavy (non-hydrogen) atoms. The maximum atomic E-state index is 11.6. The molecule has 0 aromatic heterocycles. The fraction of sp³-hybridized carbons (Fsp3) is 0.0588. The van der Waals surface area contributed by atoms with Crippen LogP contribution in [0.1, 0.15) is 0 Å². The first kappa shape index (κ1) is 24.5. The Kier molecular flexibility index (Phi) is 6.18. The van der Waals surface area contributed by atoms with Gasteiger partial charge in [0, 0.05) is 16.8 Å². The number of benzene rings is 3. The van der Waals surface area contributed by atoms with Crippen molar-refractivity contribution in [1.29, 1.82) is 0 Å². The van der Waals surface area contributed by atoms with Gasteiger partial charge in [0.15, 0.2) is 0 Å². The van der Waals surface area contributed by atoms with Crippen LogP contribution in [0.15, 0.2) is 67.4 Å². The highest BCUT2D eigenvalue weighted by molar-refractivity contribution is 7.86. The zero-order valence-electron chi connectivity index (χ0n) is 16.4. The van der Waals surface area contributed by atoms with Gasteiger partial charge in [-0.25, -0.2) is 0 Å². The lowest BCUT2D eigenvalue weighted by atomic mass is 10.1. The third kappa shape index (κ3) is 5.10. The molecule has 5 N–H and O–H groups in total. The summed E-state index contributed by atoms with van der Waals surface area (Å²) < 4.78 is 102. The second-order valence-corrected chi connectivity index (χ2v) is 10.7. The molecule has 0 aliphatic rings. The van der Waals surface area contributed by atoms with Crippen molar-refractivity contribution >= 4 is 58.2 Å². The van der Waals surface area contributed by atoms with Gasteiger partial charge in [-0.3, -0.25) is 13.7 Å². The van der Waals surface area contributed by atoms with Crippen molar-refractivity contribution in [2.75, 3.05) is 12.8 Å². The van der Waals surface area contributed by atoms with Crippen LogP contribution < -0.4 is 10.5 Å². The van der Waals surface area contributed by atoms with Gasteiger partial charge < -0.3 is 10.5 Å². The summed E-state index contributed by atoms with van der Waals surface area (Å²) in [5.74, 6) is 0.0951. The quantitative estimate of drug-likeness (QED) is 0.211. The molecule has 16 heteroatoms. The van der Waals surface area contributed by atoms with E-state index in [2.05, 4.69) is 10.2 Å². The number of rotatable bonds is 6. The van der Waals surface area contributed by atoms with Crippen molar-refractivity contribution in [3.05, 3.63) is 42.5 Å². The molecule has 0 aliphatic heterocycles. The van der Waals surface area contributed by atoms with Crippen molar-refractivity contribution in [1.82, 2.24) is 0 Å². The molecule has 3 rings (SSSR count). The highest BCUT2D eigenvalue weighted by Gasteiger charge is 2.20. The smallest absolute Gasteiger partial charge is 0.296 e. The highest BCUT2D eigenvalue weighted by atomic mass is 32.2. The molecule has 3 aromatic rings. The van der Waals surface area contributed by atoms with E-state index in [0.717, 1.165) is 18.2 Å². The molecular weight excluding hydrogens is 502 g/mol. The van der Waals surface area contributed by atoms with Crippen molar-refractivity contribution in [2.24, 2.45) is 10.2 Å². The summed E-state index contributed by atoms with van der Waals surface area (Å²) in [5, 5.41) is 7.81. The Balaban J connectivity index is 2.32. The molecule has 3 aromatic carbocycles. The van der Waals surface area contributed by atoms with E-state index in [0.29, 0.717) is 12.1 Å². The fourth-order valence-corrected chi connectivity index (χ4v) is 4.47. The normalized spacial score (nSPS) is 13.0. The first-order valence-electron chi connectivity index (χ1n) is 8.51. The minimum absolute atomic E-state index is 0.0616. The summed E-state index contributed by atoms with van der Waals surface area (Å²) in [6.07, 6.45) is 0. The molecule has 0 bridgehead atoms. The SMILES string of the molecule is COc1cc(N=Nc2cc(S(=O)(=O)O)ccc2S(=O)(=O)O)c2cc(S(=O)(=O)O)ccc2c1N. The predicted octanol–water partition coefficient (Wildman–Crippen LogP) is 2.59. The average Bonchev–Trinajstić information content (AvgIpc) is 2.70. The van der Waals surface area contributed by atoms with Gasteiger partial charge in [-0.15, -0.1) is 10.2 Å². The van der Waals surface area contributed by atoms with E-state index >= 15 is 0 Å². The van der Waals surface area contributed by atoms with E-state index in [1.165, 1.54) is 19.2 Å². The second-order valence-electron chi connectivity index (χ2n) is 6.47. The maximum absolute atomic E-state index is 11.6. The average molecular weight is 518 g/mol. The molecule has 0 fully saturated rings. The Bertz CT molecular complexity index is 1630. The Morgan fingerprint density at radius 1 is 0.727 bits per heavy atom. The van der Waals surface area contributed by atoms with Gasteiger partial charge in [-0.2, -0.15) is 25.3 Å². The van der Waals surface area contributed by atoms with Gasteiger partial charge in [-0.1, -0.05) is 6.07 Å². The van der Waals surface area contributed by atoms with Crippen molar-refractivity contribution in [2.45, 2.75) is 14.7 Å². The van der Waals surface area contributed by atoms with Crippen LogP contribution in [0.2, 0.25) is 0 Å². The topological polar surface area (TPSA) is 223 Å². The summed E-state index contributed by atoms with van der Waals surface area (Å²) >= 11 is 0. The van der Waals surface area contributed by atoms with Crippen LogP contribution in [0, 0.1) is 0 Å². The summed E-state index contributed by atoms with van der Waals surface area (Å²) in [6.45, 7) is 0. The van der Waals surface area contributed by atoms with E-state index in [-0.39, 0.29) is 27.9 Å². The monoisotopic (exact) mass is 517 g/mol. The number of ether oxygens (including phenoxy) is 1. The molecule has 0 aliphatic carbocycles. The van der Waals surface area contributed by atoms with E-state index in [9.17, 15) is 38.9 Å². The lowest BCUT2D eigenvalue weighted by Gasteiger charge is -2.11. The summed E-state index contributed by atoms with van der Waals surface area (Å²) in [6, 6.07) is 6.71. The molecule has 13 nitrogen and oxygen atoms in total. The van der Waals surface area contributed by atoms with Crippen LogP contribution in [0.3, 0.4) is 0 Å². The lowest BCUT2D eigenvalue weighted by Crippen LogP contribution is -2.02. The molecule has 0 radical (unpaired) electrons. The molecular formula is C17H15N3O10S3. The van der Waals surface area contributed by atoms with E-state index in [1.807, 2.05) is 0 Å². The molecule has 0 atom stereocenters. The first-order chi connectivity index (χ1) is 15.1. The predicted molar refractivity (Wildman–Crippen MR) is 115 cm³/mol. The Hall–Kier alpha value is -3.15. The number of nitrogens with zero attached hydrogens (tertiary/aromatic N) is 2. The van der Waals surface area contributed by atoms with Crippen LogP contribution in [0.5, 0.6) is 5.75 Å². The van der Waals surface area contributed by atoms with Crippen LogP contribution in [-0.4, -0.2) is 46.0 Å².